The first kappa shape index (κ1) is 13.5. The van der Waals surface area contributed by atoms with Gasteiger partial charge in [-0.1, -0.05) is 12.1 Å². The lowest BCUT2D eigenvalue weighted by atomic mass is 10.2. The van der Waals surface area contributed by atoms with E-state index in [-0.39, 0.29) is 0 Å². The second-order valence-corrected chi connectivity index (χ2v) is 4.74. The van der Waals surface area contributed by atoms with Gasteiger partial charge in [0.25, 0.3) is 0 Å². The Morgan fingerprint density at radius 1 is 1.00 bits per heavy atom. The SMILES string of the molecule is CCn1c(-c2ccc(OC)c(OC)c2)nc2ccccc21. The highest BCUT2D eigenvalue weighted by atomic mass is 16.5. The van der Waals surface area contributed by atoms with Crippen molar-refractivity contribution in [1.82, 2.24) is 9.55 Å². The summed E-state index contributed by atoms with van der Waals surface area (Å²) in [7, 11) is 3.28. The summed E-state index contributed by atoms with van der Waals surface area (Å²) >= 11 is 0. The van der Waals surface area contributed by atoms with Crippen LogP contribution in [0.15, 0.2) is 42.5 Å². The van der Waals surface area contributed by atoms with Crippen LogP contribution in [0.1, 0.15) is 6.92 Å². The summed E-state index contributed by atoms with van der Waals surface area (Å²) in [4.78, 5) is 4.75. The van der Waals surface area contributed by atoms with Crippen LogP contribution in [0.4, 0.5) is 0 Å². The Hall–Kier alpha value is -2.49. The fourth-order valence-corrected chi connectivity index (χ4v) is 2.59. The van der Waals surface area contributed by atoms with Gasteiger partial charge in [-0.2, -0.15) is 0 Å². The third-order valence-corrected chi connectivity index (χ3v) is 3.61. The van der Waals surface area contributed by atoms with Crippen molar-refractivity contribution in [2.75, 3.05) is 14.2 Å². The van der Waals surface area contributed by atoms with Crippen LogP contribution in [0.2, 0.25) is 0 Å². The number of hydrogen-bond donors (Lipinski definition) is 0. The van der Waals surface area contributed by atoms with E-state index in [1.807, 2.05) is 36.4 Å². The molecule has 108 valence electrons. The second kappa shape index (κ2) is 5.48. The summed E-state index contributed by atoms with van der Waals surface area (Å²) in [6.07, 6.45) is 0. The number of rotatable bonds is 4. The Kier molecular flexibility index (Phi) is 3.52. The van der Waals surface area contributed by atoms with Crippen molar-refractivity contribution in [3.63, 3.8) is 0 Å². The maximum absolute atomic E-state index is 5.38. The lowest BCUT2D eigenvalue weighted by molar-refractivity contribution is 0.355. The van der Waals surface area contributed by atoms with E-state index in [1.165, 1.54) is 0 Å². The van der Waals surface area contributed by atoms with Crippen molar-refractivity contribution in [2.45, 2.75) is 13.5 Å². The summed E-state index contributed by atoms with van der Waals surface area (Å²) in [5.41, 5.74) is 3.17. The van der Waals surface area contributed by atoms with Crippen molar-refractivity contribution in [1.29, 1.82) is 0 Å². The van der Waals surface area contributed by atoms with E-state index in [9.17, 15) is 0 Å². The molecule has 0 amide bonds. The molecule has 21 heavy (non-hydrogen) atoms. The Morgan fingerprint density at radius 3 is 2.48 bits per heavy atom. The normalized spacial score (nSPS) is 10.8. The minimum atomic E-state index is 0.713. The lowest BCUT2D eigenvalue weighted by Gasteiger charge is -2.10. The van der Waals surface area contributed by atoms with E-state index in [4.69, 9.17) is 14.5 Å². The van der Waals surface area contributed by atoms with E-state index in [0.717, 1.165) is 34.7 Å². The summed E-state index contributed by atoms with van der Waals surface area (Å²) in [6.45, 7) is 2.99. The molecule has 0 aliphatic carbocycles. The highest BCUT2D eigenvalue weighted by Crippen LogP contribution is 2.33. The Labute approximate surface area is 123 Å². The molecule has 2 aromatic carbocycles. The Bertz CT molecular complexity index is 778. The Morgan fingerprint density at radius 2 is 1.76 bits per heavy atom. The van der Waals surface area contributed by atoms with Crippen LogP contribution >= 0.6 is 0 Å². The minimum absolute atomic E-state index is 0.713. The fraction of sp³-hybridized carbons (Fsp3) is 0.235. The molecule has 0 saturated carbocycles. The average molecular weight is 282 g/mol. The topological polar surface area (TPSA) is 36.3 Å². The van der Waals surface area contributed by atoms with Crippen molar-refractivity contribution in [3.8, 4) is 22.9 Å². The molecule has 3 rings (SSSR count). The van der Waals surface area contributed by atoms with Crippen LogP contribution in [0, 0.1) is 0 Å². The third kappa shape index (κ3) is 2.23. The molecular weight excluding hydrogens is 264 g/mol. The molecule has 3 aromatic rings. The van der Waals surface area contributed by atoms with Gasteiger partial charge in [-0.05, 0) is 37.3 Å². The number of methoxy groups -OCH3 is 2. The van der Waals surface area contributed by atoms with Gasteiger partial charge in [0, 0.05) is 12.1 Å². The van der Waals surface area contributed by atoms with Gasteiger partial charge in [-0.15, -0.1) is 0 Å². The van der Waals surface area contributed by atoms with Gasteiger partial charge in [0.2, 0.25) is 0 Å². The zero-order chi connectivity index (χ0) is 14.8. The fourth-order valence-electron chi connectivity index (χ4n) is 2.59. The molecule has 0 aliphatic heterocycles. The van der Waals surface area contributed by atoms with Crippen molar-refractivity contribution in [3.05, 3.63) is 42.5 Å². The quantitative estimate of drug-likeness (QED) is 0.731. The summed E-state index contributed by atoms with van der Waals surface area (Å²) in [5, 5.41) is 0. The molecule has 0 N–H and O–H groups in total. The lowest BCUT2D eigenvalue weighted by Crippen LogP contribution is -1.98. The van der Waals surface area contributed by atoms with Crippen molar-refractivity contribution < 1.29 is 9.47 Å². The molecule has 1 heterocycles. The van der Waals surface area contributed by atoms with Gasteiger partial charge in [0.05, 0.1) is 25.3 Å². The van der Waals surface area contributed by atoms with Crippen LogP contribution in [0.5, 0.6) is 11.5 Å². The van der Waals surface area contributed by atoms with Gasteiger partial charge in [0.15, 0.2) is 11.5 Å². The predicted molar refractivity (Wildman–Crippen MR) is 83.9 cm³/mol. The van der Waals surface area contributed by atoms with Gasteiger partial charge in [0.1, 0.15) is 5.82 Å². The molecular formula is C17H18N2O2. The molecule has 0 radical (unpaired) electrons. The van der Waals surface area contributed by atoms with Crippen molar-refractivity contribution in [2.24, 2.45) is 0 Å². The summed E-state index contributed by atoms with van der Waals surface area (Å²) < 4.78 is 12.9. The molecule has 1 aromatic heterocycles. The van der Waals surface area contributed by atoms with Crippen LogP contribution in [0.25, 0.3) is 22.4 Å². The van der Waals surface area contributed by atoms with E-state index in [2.05, 4.69) is 17.6 Å². The van der Waals surface area contributed by atoms with Crippen LogP contribution in [0.3, 0.4) is 0 Å². The molecule has 0 saturated heterocycles. The standard InChI is InChI=1S/C17H18N2O2/c1-4-19-14-8-6-5-7-13(14)18-17(19)12-9-10-15(20-2)16(11-12)21-3/h5-11H,4H2,1-3H3. The van der Waals surface area contributed by atoms with Crippen LogP contribution < -0.4 is 9.47 Å². The minimum Gasteiger partial charge on any atom is -0.493 e. The van der Waals surface area contributed by atoms with E-state index >= 15 is 0 Å². The molecule has 0 unspecified atom stereocenters. The van der Waals surface area contributed by atoms with E-state index in [0.29, 0.717) is 5.75 Å². The number of benzene rings is 2. The molecule has 0 fully saturated rings. The van der Waals surface area contributed by atoms with Gasteiger partial charge in [-0.25, -0.2) is 4.98 Å². The Balaban J connectivity index is 2.20. The summed E-state index contributed by atoms with van der Waals surface area (Å²) in [5.74, 6) is 2.38. The predicted octanol–water partition coefficient (Wildman–Crippen LogP) is 3.74. The number of aryl methyl sites for hydroxylation is 1. The first-order chi connectivity index (χ1) is 10.3. The molecule has 4 heteroatoms. The number of fused-ring (bicyclic) bond motifs is 1. The third-order valence-electron chi connectivity index (χ3n) is 3.61. The zero-order valence-electron chi connectivity index (χ0n) is 12.5. The zero-order valence-corrected chi connectivity index (χ0v) is 12.5. The number of aromatic nitrogens is 2. The average Bonchev–Trinajstić information content (AvgIpc) is 2.92. The van der Waals surface area contributed by atoms with Gasteiger partial charge < -0.3 is 14.0 Å². The first-order valence-corrected chi connectivity index (χ1v) is 6.96. The monoisotopic (exact) mass is 282 g/mol. The number of nitrogens with zero attached hydrogens (tertiary/aromatic N) is 2. The van der Waals surface area contributed by atoms with E-state index in [1.54, 1.807) is 14.2 Å². The number of hydrogen-bond acceptors (Lipinski definition) is 3. The molecule has 0 aliphatic rings. The smallest absolute Gasteiger partial charge is 0.161 e. The maximum atomic E-state index is 5.38. The van der Waals surface area contributed by atoms with Gasteiger partial charge in [-0.3, -0.25) is 0 Å². The molecule has 0 bridgehead atoms. The number of imidazole rings is 1. The maximum Gasteiger partial charge on any atom is 0.161 e. The van der Waals surface area contributed by atoms with E-state index < -0.39 is 0 Å². The highest BCUT2D eigenvalue weighted by Gasteiger charge is 2.13. The molecule has 4 nitrogen and oxygen atoms in total. The molecule has 0 atom stereocenters. The number of ether oxygens (including phenoxy) is 2. The van der Waals surface area contributed by atoms with Crippen LogP contribution in [-0.4, -0.2) is 23.8 Å². The highest BCUT2D eigenvalue weighted by molar-refractivity contribution is 5.81. The number of para-hydroxylation sites is 2. The molecule has 0 spiro atoms. The first-order valence-electron chi connectivity index (χ1n) is 6.96. The second-order valence-electron chi connectivity index (χ2n) is 4.74. The largest absolute Gasteiger partial charge is 0.493 e. The van der Waals surface area contributed by atoms with Crippen molar-refractivity contribution >= 4 is 11.0 Å². The van der Waals surface area contributed by atoms with Crippen LogP contribution in [-0.2, 0) is 6.54 Å². The van der Waals surface area contributed by atoms with Gasteiger partial charge >= 0.3 is 0 Å². The summed E-state index contributed by atoms with van der Waals surface area (Å²) in [6, 6.07) is 14.1.